The molecule has 8 aromatic carbocycles. The van der Waals surface area contributed by atoms with Crippen LogP contribution in [-0.4, -0.2) is 6.71 Å². The number of anilines is 6. The predicted octanol–water partition coefficient (Wildman–Crippen LogP) is 19.3. The largest absolute Gasteiger partial charge is 0.311 e. The Kier molecular flexibility index (Phi) is 11.0. The monoisotopic (exact) mass is 1070 g/mol. The van der Waals surface area contributed by atoms with Gasteiger partial charge in [0.25, 0.3) is 6.71 Å². The lowest BCUT2D eigenvalue weighted by Crippen LogP contribution is -2.62. The third kappa shape index (κ3) is 7.32. The average Bonchev–Trinajstić information content (AvgIpc) is 1.04. The summed E-state index contributed by atoms with van der Waals surface area (Å²) in [5.74, 6) is 0. The quantitative estimate of drug-likeness (QED) is 0.163. The van der Waals surface area contributed by atoms with Gasteiger partial charge in [-0.05, 0) is 214 Å². The van der Waals surface area contributed by atoms with Crippen LogP contribution in [0.5, 0.6) is 0 Å². The zero-order valence-corrected chi connectivity index (χ0v) is 53.0. The first-order valence-corrected chi connectivity index (χ1v) is 31.1. The van der Waals surface area contributed by atoms with Crippen LogP contribution in [-0.2, 0) is 43.3 Å². The zero-order valence-electron chi connectivity index (χ0n) is 53.0. The first kappa shape index (κ1) is 53.4. The summed E-state index contributed by atoms with van der Waals surface area (Å²) in [4.78, 5) is 5.56. The van der Waals surface area contributed by atoms with Crippen LogP contribution in [0.3, 0.4) is 0 Å². The Morgan fingerprint density at radius 3 is 1.23 bits per heavy atom. The third-order valence-corrected chi connectivity index (χ3v) is 22.4. The SMILES string of the molecule is Cc1cc2c(cc1N1c3cc4c(cc3B3c5cc6c(cc5N(c5cc7c(cc5C)C(C)(C)CCC7(C)C)c5cc(-c7ccccc7)cc1c53)C(C)(C)c1ccccc1C6(C)C)C(C)(C)c1ccc(C(C)(C)C)cc1-4)C(C)(C)CCC2(C)C. The van der Waals surface area contributed by atoms with Gasteiger partial charge in [-0.25, -0.2) is 0 Å². The van der Waals surface area contributed by atoms with Gasteiger partial charge >= 0.3 is 0 Å². The Labute approximate surface area is 492 Å². The van der Waals surface area contributed by atoms with Crippen LogP contribution in [0.15, 0.2) is 133 Å². The Hall–Kier alpha value is -6.58. The van der Waals surface area contributed by atoms with Gasteiger partial charge in [-0.15, -0.1) is 0 Å². The number of rotatable bonds is 3. The molecule has 0 fully saturated rings. The van der Waals surface area contributed by atoms with E-state index in [2.05, 4.69) is 275 Å². The molecule has 0 atom stereocenters. The standard InChI is InChI=1S/C79H87BN2/c1-46-35-57-59(75(10,11)33-31-73(57,6)7)43-65(46)81-67-40-52-51-39-50(72(3,4)5)29-30-53(51)77(14,15)56(52)41-63(67)80-64-42-61-62(79(18,19)55-28-24-23-27-54(55)78(61,16)17)45-68(64)82(70-38-49(37-69(81)71(70)80)48-25-21-20-22-26-48)66-44-60-58(36-47(66)2)74(8,9)32-34-76(60,12)13/h20-30,35-45H,31-34H2,1-19H3. The van der Waals surface area contributed by atoms with Crippen molar-refractivity contribution in [2.24, 2.45) is 0 Å². The third-order valence-electron chi connectivity index (χ3n) is 22.4. The average molecular weight is 1080 g/mol. The van der Waals surface area contributed by atoms with E-state index in [9.17, 15) is 0 Å². The first-order chi connectivity index (χ1) is 38.3. The highest BCUT2D eigenvalue weighted by atomic mass is 15.2. The molecule has 4 aliphatic carbocycles. The highest BCUT2D eigenvalue weighted by molar-refractivity contribution is 7.00. The topological polar surface area (TPSA) is 6.48 Å². The van der Waals surface area contributed by atoms with Gasteiger partial charge in [0.15, 0.2) is 0 Å². The highest BCUT2D eigenvalue weighted by Crippen LogP contribution is 2.58. The van der Waals surface area contributed by atoms with E-state index in [1.807, 2.05) is 0 Å². The molecule has 2 nitrogen and oxygen atoms in total. The minimum Gasteiger partial charge on any atom is -0.311 e. The van der Waals surface area contributed by atoms with Gasteiger partial charge in [0.05, 0.1) is 0 Å². The van der Waals surface area contributed by atoms with E-state index in [1.54, 1.807) is 0 Å². The number of hydrogen-bond acceptors (Lipinski definition) is 2. The smallest absolute Gasteiger partial charge is 0.252 e. The number of hydrogen-bond donors (Lipinski definition) is 0. The fraction of sp³-hybridized carbons (Fsp3) is 0.392. The van der Waals surface area contributed by atoms with Gasteiger partial charge < -0.3 is 9.80 Å². The van der Waals surface area contributed by atoms with Crippen molar-refractivity contribution < 1.29 is 0 Å². The van der Waals surface area contributed by atoms with Crippen LogP contribution >= 0.6 is 0 Å². The maximum atomic E-state index is 2.78. The predicted molar refractivity (Wildman–Crippen MR) is 353 cm³/mol. The second kappa shape index (κ2) is 16.8. The summed E-state index contributed by atoms with van der Waals surface area (Å²) in [6, 6.07) is 54.5. The molecule has 3 heteroatoms. The van der Waals surface area contributed by atoms with Crippen molar-refractivity contribution >= 4 is 57.2 Å². The Balaban J connectivity index is 1.16. The van der Waals surface area contributed by atoms with Crippen LogP contribution in [0.25, 0.3) is 22.3 Å². The highest BCUT2D eigenvalue weighted by Gasteiger charge is 2.51. The molecule has 0 bridgehead atoms. The molecule has 6 aliphatic rings. The molecule has 0 radical (unpaired) electrons. The van der Waals surface area contributed by atoms with Gasteiger partial charge in [0.2, 0.25) is 0 Å². The van der Waals surface area contributed by atoms with E-state index in [0.29, 0.717) is 0 Å². The molecule has 8 aromatic rings. The number of nitrogens with zero attached hydrogens (tertiary/aromatic N) is 2. The molecule has 14 rings (SSSR count). The second-order valence-electron chi connectivity index (χ2n) is 31.6. The molecule has 0 unspecified atom stereocenters. The lowest BCUT2D eigenvalue weighted by Gasteiger charge is -2.49. The van der Waals surface area contributed by atoms with Crippen LogP contribution in [0.1, 0.15) is 216 Å². The van der Waals surface area contributed by atoms with Crippen molar-refractivity contribution in [3.8, 4) is 22.3 Å². The molecule has 2 heterocycles. The lowest BCUT2D eigenvalue weighted by molar-refractivity contribution is 0.332. The van der Waals surface area contributed by atoms with E-state index in [0.717, 1.165) is 12.8 Å². The summed E-state index contributed by atoms with van der Waals surface area (Å²) < 4.78 is 0. The summed E-state index contributed by atoms with van der Waals surface area (Å²) in [6.45, 7) is 46.7. The maximum absolute atomic E-state index is 2.78. The minimum atomic E-state index is -0.244. The van der Waals surface area contributed by atoms with Crippen molar-refractivity contribution in [1.82, 2.24) is 0 Å². The summed E-state index contributed by atoms with van der Waals surface area (Å²) in [7, 11) is 0. The maximum Gasteiger partial charge on any atom is 0.252 e. The van der Waals surface area contributed by atoms with Crippen molar-refractivity contribution in [3.05, 3.63) is 206 Å². The van der Waals surface area contributed by atoms with Gasteiger partial charge in [-0.1, -0.05) is 215 Å². The summed E-state index contributed by atoms with van der Waals surface area (Å²) in [6.07, 6.45) is 4.68. The van der Waals surface area contributed by atoms with Crippen molar-refractivity contribution in [1.29, 1.82) is 0 Å². The minimum absolute atomic E-state index is 0.00815. The molecule has 0 N–H and O–H groups in total. The van der Waals surface area contributed by atoms with Crippen molar-refractivity contribution in [2.45, 2.75) is 201 Å². The summed E-state index contributed by atoms with van der Waals surface area (Å²) in [5, 5.41) is 0. The van der Waals surface area contributed by atoms with Crippen LogP contribution < -0.4 is 26.2 Å². The van der Waals surface area contributed by atoms with Crippen LogP contribution in [0.2, 0.25) is 0 Å². The Morgan fingerprint density at radius 1 is 0.341 bits per heavy atom. The molecule has 0 amide bonds. The van der Waals surface area contributed by atoms with Crippen LogP contribution in [0.4, 0.5) is 34.1 Å². The molecule has 416 valence electrons. The van der Waals surface area contributed by atoms with E-state index in [1.165, 1.54) is 158 Å². The van der Waals surface area contributed by atoms with Gasteiger partial charge in [0.1, 0.15) is 0 Å². The lowest BCUT2D eigenvalue weighted by atomic mass is 9.32. The molecule has 2 aliphatic heterocycles. The van der Waals surface area contributed by atoms with Gasteiger partial charge in [-0.3, -0.25) is 0 Å². The van der Waals surface area contributed by atoms with Crippen molar-refractivity contribution in [2.75, 3.05) is 9.80 Å². The fourth-order valence-corrected chi connectivity index (χ4v) is 16.9. The van der Waals surface area contributed by atoms with Crippen molar-refractivity contribution in [3.63, 3.8) is 0 Å². The Bertz CT molecular complexity index is 4090. The number of fused-ring (bicyclic) bond motifs is 11. The number of aryl methyl sites for hydroxylation is 2. The normalized spacial score (nSPS) is 19.8. The van der Waals surface area contributed by atoms with Crippen LogP contribution in [0, 0.1) is 13.8 Å². The second-order valence-corrected chi connectivity index (χ2v) is 31.6. The summed E-state index contributed by atoms with van der Waals surface area (Å²) in [5.41, 5.74) is 35.2. The molecular weight excluding hydrogens is 988 g/mol. The summed E-state index contributed by atoms with van der Waals surface area (Å²) >= 11 is 0. The van der Waals surface area contributed by atoms with E-state index >= 15 is 0 Å². The Morgan fingerprint density at radius 2 is 0.744 bits per heavy atom. The fourth-order valence-electron chi connectivity index (χ4n) is 16.9. The van der Waals surface area contributed by atoms with E-state index in [4.69, 9.17) is 0 Å². The molecule has 0 spiro atoms. The van der Waals surface area contributed by atoms with E-state index < -0.39 is 0 Å². The zero-order chi connectivity index (χ0) is 58.1. The molecular formula is C79H87BN2. The van der Waals surface area contributed by atoms with Gasteiger partial charge in [-0.2, -0.15) is 0 Å². The molecule has 0 saturated heterocycles. The molecule has 0 saturated carbocycles. The molecule has 0 aromatic heterocycles. The van der Waals surface area contributed by atoms with E-state index in [-0.39, 0.29) is 50.0 Å². The number of benzene rings is 8. The van der Waals surface area contributed by atoms with Gasteiger partial charge in [0, 0.05) is 50.4 Å². The first-order valence-electron chi connectivity index (χ1n) is 31.1. The molecule has 82 heavy (non-hydrogen) atoms.